The lowest BCUT2D eigenvalue weighted by Crippen LogP contribution is -2.31. The van der Waals surface area contributed by atoms with Crippen molar-refractivity contribution < 1.29 is 9.47 Å². The predicted molar refractivity (Wildman–Crippen MR) is 103 cm³/mol. The van der Waals surface area contributed by atoms with E-state index in [2.05, 4.69) is 31.2 Å². The standard InChI is InChI=1S/C18H16BrN5O2/c19-11-5-2-1-4-10(11)16-22-17(20)23-18-21-12-8-14-15(9-13(12)24(16)18)26-7-3-6-25-14/h1-2,4-5,8-9,16H,3,6-7H2,(H3,20,21,22,23)/t16-/m1/s1. The van der Waals surface area contributed by atoms with Crippen molar-refractivity contribution in [2.75, 3.05) is 18.5 Å². The Morgan fingerprint density at radius 3 is 2.73 bits per heavy atom. The molecular formula is C18H16BrN5O2. The fourth-order valence-corrected chi connectivity index (χ4v) is 3.81. The number of ether oxygens (including phenoxy) is 2. The summed E-state index contributed by atoms with van der Waals surface area (Å²) in [5.41, 5.74) is 8.73. The number of fused-ring (bicyclic) bond motifs is 4. The van der Waals surface area contributed by atoms with Crippen molar-refractivity contribution in [1.82, 2.24) is 9.55 Å². The van der Waals surface area contributed by atoms with Gasteiger partial charge in [-0.3, -0.25) is 9.88 Å². The van der Waals surface area contributed by atoms with Crippen LogP contribution in [0.4, 0.5) is 5.95 Å². The summed E-state index contributed by atoms with van der Waals surface area (Å²) in [5, 5.41) is 3.05. The van der Waals surface area contributed by atoms with Gasteiger partial charge in [0.1, 0.15) is 0 Å². The Balaban J connectivity index is 1.74. The maximum Gasteiger partial charge on any atom is 0.212 e. The van der Waals surface area contributed by atoms with Crippen molar-refractivity contribution in [2.45, 2.75) is 12.6 Å². The Hall–Kier alpha value is -2.74. The van der Waals surface area contributed by atoms with Crippen molar-refractivity contribution in [2.24, 2.45) is 10.7 Å². The third-order valence-electron chi connectivity index (χ3n) is 4.49. The summed E-state index contributed by atoms with van der Waals surface area (Å²) in [5.74, 6) is 2.43. The molecule has 0 aliphatic carbocycles. The zero-order valence-electron chi connectivity index (χ0n) is 13.8. The number of nitrogens with two attached hydrogens (primary N) is 1. The first-order valence-electron chi connectivity index (χ1n) is 8.37. The van der Waals surface area contributed by atoms with Gasteiger partial charge in [-0.25, -0.2) is 9.98 Å². The molecule has 1 atom stereocenters. The number of halogens is 1. The minimum absolute atomic E-state index is 0.323. The van der Waals surface area contributed by atoms with Gasteiger partial charge in [-0.15, -0.1) is 0 Å². The second-order valence-electron chi connectivity index (χ2n) is 6.18. The molecule has 5 rings (SSSR count). The van der Waals surface area contributed by atoms with Gasteiger partial charge in [-0.2, -0.15) is 0 Å². The van der Waals surface area contributed by atoms with E-state index in [1.54, 1.807) is 0 Å². The number of hydrogen-bond donors (Lipinski definition) is 2. The number of aliphatic imine (C=N–C) groups is 1. The molecule has 0 bridgehead atoms. The summed E-state index contributed by atoms with van der Waals surface area (Å²) in [6, 6.07) is 11.8. The number of guanidine groups is 1. The fourth-order valence-electron chi connectivity index (χ4n) is 3.32. The van der Waals surface area contributed by atoms with E-state index in [-0.39, 0.29) is 6.17 Å². The third kappa shape index (κ3) is 2.40. The number of hydrogen-bond acceptors (Lipinski definition) is 6. The highest BCUT2D eigenvalue weighted by Gasteiger charge is 2.27. The fraction of sp³-hybridized carbons (Fsp3) is 0.222. The molecule has 7 nitrogen and oxygen atoms in total. The van der Waals surface area contributed by atoms with Crippen LogP contribution in [0.5, 0.6) is 11.5 Å². The Morgan fingerprint density at radius 2 is 1.92 bits per heavy atom. The van der Waals surface area contributed by atoms with E-state index in [1.165, 1.54) is 0 Å². The quantitative estimate of drug-likeness (QED) is 0.639. The van der Waals surface area contributed by atoms with E-state index in [9.17, 15) is 0 Å². The molecule has 26 heavy (non-hydrogen) atoms. The molecule has 0 unspecified atom stereocenters. The minimum Gasteiger partial charge on any atom is -0.489 e. The molecule has 0 radical (unpaired) electrons. The van der Waals surface area contributed by atoms with Crippen LogP contribution in [0.25, 0.3) is 11.0 Å². The lowest BCUT2D eigenvalue weighted by Gasteiger charge is -2.24. The smallest absolute Gasteiger partial charge is 0.212 e. The van der Waals surface area contributed by atoms with E-state index in [0.717, 1.165) is 39.0 Å². The molecule has 0 spiro atoms. The van der Waals surface area contributed by atoms with Crippen LogP contribution in [0.2, 0.25) is 0 Å². The molecule has 132 valence electrons. The molecule has 3 aromatic rings. The maximum absolute atomic E-state index is 6.01. The molecule has 0 saturated carbocycles. The lowest BCUT2D eigenvalue weighted by atomic mass is 10.1. The highest BCUT2D eigenvalue weighted by atomic mass is 79.9. The Labute approximate surface area is 158 Å². The molecule has 3 heterocycles. The van der Waals surface area contributed by atoms with Gasteiger partial charge in [0.05, 0.1) is 24.2 Å². The first-order valence-corrected chi connectivity index (χ1v) is 9.16. The summed E-state index contributed by atoms with van der Waals surface area (Å²) >= 11 is 3.62. The average Bonchev–Trinajstić information content (AvgIpc) is 2.81. The zero-order valence-corrected chi connectivity index (χ0v) is 15.4. The van der Waals surface area contributed by atoms with E-state index in [0.29, 0.717) is 25.1 Å². The van der Waals surface area contributed by atoms with Crippen LogP contribution >= 0.6 is 15.9 Å². The summed E-state index contributed by atoms with van der Waals surface area (Å²) in [6.07, 6.45) is 0.538. The van der Waals surface area contributed by atoms with Gasteiger partial charge in [-0.05, 0) is 6.07 Å². The molecule has 3 N–H and O–H groups in total. The van der Waals surface area contributed by atoms with Gasteiger partial charge >= 0.3 is 0 Å². The van der Waals surface area contributed by atoms with Crippen LogP contribution < -0.4 is 20.5 Å². The Kier molecular flexibility index (Phi) is 3.53. The van der Waals surface area contributed by atoms with E-state index >= 15 is 0 Å². The Bertz CT molecular complexity index is 1050. The molecule has 2 aliphatic rings. The molecule has 0 fully saturated rings. The van der Waals surface area contributed by atoms with Gasteiger partial charge in [0.15, 0.2) is 23.6 Å². The molecule has 0 amide bonds. The number of benzene rings is 2. The summed E-state index contributed by atoms with van der Waals surface area (Å²) < 4.78 is 14.6. The van der Waals surface area contributed by atoms with Crippen LogP contribution in [0.1, 0.15) is 18.2 Å². The van der Waals surface area contributed by atoms with Gasteiger partial charge in [0, 0.05) is 28.6 Å². The highest BCUT2D eigenvalue weighted by Crippen LogP contribution is 2.40. The van der Waals surface area contributed by atoms with Crippen molar-refractivity contribution in [1.29, 1.82) is 0 Å². The van der Waals surface area contributed by atoms with Crippen LogP contribution in [0.3, 0.4) is 0 Å². The van der Waals surface area contributed by atoms with Crippen molar-refractivity contribution in [3.05, 3.63) is 46.4 Å². The average molecular weight is 414 g/mol. The van der Waals surface area contributed by atoms with Gasteiger partial charge in [0.25, 0.3) is 0 Å². The first kappa shape index (κ1) is 15.5. The van der Waals surface area contributed by atoms with Gasteiger partial charge < -0.3 is 15.2 Å². The van der Waals surface area contributed by atoms with E-state index < -0.39 is 0 Å². The molecule has 8 heteroatoms. The molecule has 2 aliphatic heterocycles. The maximum atomic E-state index is 6.01. The number of imidazole rings is 1. The summed E-state index contributed by atoms with van der Waals surface area (Å²) in [7, 11) is 0. The Morgan fingerprint density at radius 1 is 1.15 bits per heavy atom. The second kappa shape index (κ2) is 5.91. The van der Waals surface area contributed by atoms with E-state index in [1.807, 2.05) is 41.0 Å². The van der Waals surface area contributed by atoms with Crippen molar-refractivity contribution in [3.63, 3.8) is 0 Å². The topological polar surface area (TPSA) is 86.7 Å². The van der Waals surface area contributed by atoms with Gasteiger partial charge in [0.2, 0.25) is 5.95 Å². The van der Waals surface area contributed by atoms with Crippen molar-refractivity contribution in [3.8, 4) is 11.5 Å². The normalized spacial score (nSPS) is 18.7. The number of nitrogens with zero attached hydrogens (tertiary/aromatic N) is 3. The third-order valence-corrected chi connectivity index (χ3v) is 5.21. The van der Waals surface area contributed by atoms with Crippen LogP contribution in [0.15, 0.2) is 45.9 Å². The van der Waals surface area contributed by atoms with Crippen LogP contribution in [-0.4, -0.2) is 28.7 Å². The number of rotatable bonds is 1. The number of aromatic nitrogens is 2. The number of anilines is 1. The van der Waals surface area contributed by atoms with E-state index in [4.69, 9.17) is 15.2 Å². The predicted octanol–water partition coefficient (Wildman–Crippen LogP) is 3.25. The minimum atomic E-state index is -0.323. The van der Waals surface area contributed by atoms with Crippen molar-refractivity contribution >= 4 is 38.9 Å². The highest BCUT2D eigenvalue weighted by molar-refractivity contribution is 9.10. The lowest BCUT2D eigenvalue weighted by molar-refractivity contribution is 0.297. The SMILES string of the molecule is NC1=N[C@@H](c2ccccc2Br)n2c(nc3cc4c(cc32)OCCCO4)N1. The summed E-state index contributed by atoms with van der Waals surface area (Å²) in [4.78, 5) is 9.30. The summed E-state index contributed by atoms with van der Waals surface area (Å²) in [6.45, 7) is 1.27. The first-order chi connectivity index (χ1) is 12.7. The second-order valence-corrected chi connectivity index (χ2v) is 7.03. The van der Waals surface area contributed by atoms with Gasteiger partial charge in [-0.1, -0.05) is 34.1 Å². The zero-order chi connectivity index (χ0) is 17.7. The molecule has 2 aromatic carbocycles. The molecule has 0 saturated heterocycles. The number of nitrogens with one attached hydrogen (secondary N) is 1. The van der Waals surface area contributed by atoms with Crippen LogP contribution in [0, 0.1) is 0 Å². The molecular weight excluding hydrogens is 398 g/mol. The monoisotopic (exact) mass is 413 g/mol. The largest absolute Gasteiger partial charge is 0.489 e. The van der Waals surface area contributed by atoms with Crippen LogP contribution in [-0.2, 0) is 0 Å². The molecule has 1 aromatic heterocycles.